The topological polar surface area (TPSA) is 79.8 Å². The maximum atomic E-state index is 12.2. The minimum Gasteiger partial charge on any atom is -0.504 e. The molecular weight excluding hydrogens is 392 g/mol. The van der Waals surface area contributed by atoms with E-state index in [9.17, 15) is 9.90 Å². The summed E-state index contributed by atoms with van der Waals surface area (Å²) in [7, 11) is 1.48. The van der Waals surface area contributed by atoms with Gasteiger partial charge in [0.1, 0.15) is 32.7 Å². The zero-order valence-corrected chi connectivity index (χ0v) is 17.2. The van der Waals surface area contributed by atoms with Crippen LogP contribution in [0.5, 0.6) is 11.5 Å². The average molecular weight is 419 g/mol. The number of piperazine rings is 1. The molecule has 1 saturated heterocycles. The van der Waals surface area contributed by atoms with E-state index in [1.165, 1.54) is 34.8 Å². The van der Waals surface area contributed by atoms with E-state index in [0.717, 1.165) is 43.3 Å². The van der Waals surface area contributed by atoms with Crippen LogP contribution < -0.4 is 20.0 Å². The number of ether oxygens (including phenoxy) is 1. The van der Waals surface area contributed by atoms with Crippen molar-refractivity contribution in [2.75, 3.05) is 39.8 Å². The van der Waals surface area contributed by atoms with E-state index in [0.29, 0.717) is 12.3 Å². The Morgan fingerprint density at radius 2 is 1.93 bits per heavy atom. The number of carbonyl (C=O) groups is 1. The lowest BCUT2D eigenvalue weighted by Crippen LogP contribution is -3.28. The van der Waals surface area contributed by atoms with Gasteiger partial charge in [-0.15, -0.1) is 0 Å². The van der Waals surface area contributed by atoms with Gasteiger partial charge in [-0.2, -0.15) is 5.10 Å². The van der Waals surface area contributed by atoms with Gasteiger partial charge in [0.2, 0.25) is 0 Å². The molecule has 0 aliphatic carbocycles. The molecule has 0 radical (unpaired) electrons. The van der Waals surface area contributed by atoms with Crippen molar-refractivity contribution in [3.63, 3.8) is 0 Å². The first-order valence-corrected chi connectivity index (χ1v) is 10.0. The minimum atomic E-state index is -0.114. The summed E-state index contributed by atoms with van der Waals surface area (Å²) >= 11 is 6.25. The van der Waals surface area contributed by atoms with E-state index < -0.39 is 0 Å². The molecule has 29 heavy (non-hydrogen) atoms. The second kappa shape index (κ2) is 10.2. The fourth-order valence-electron chi connectivity index (χ4n) is 3.44. The molecule has 1 aliphatic heterocycles. The number of aromatic hydroxyl groups is 1. The summed E-state index contributed by atoms with van der Waals surface area (Å²) < 4.78 is 5.05. The van der Waals surface area contributed by atoms with Crippen LogP contribution in [0.2, 0.25) is 5.02 Å². The van der Waals surface area contributed by atoms with Crippen molar-refractivity contribution in [1.29, 1.82) is 0 Å². The smallest absolute Gasteiger partial charge is 0.295 e. The number of nitrogens with zero attached hydrogens (tertiary/aromatic N) is 1. The first-order valence-electron chi connectivity index (χ1n) is 9.64. The second-order valence-corrected chi connectivity index (χ2v) is 7.58. The number of amides is 1. The molecular formula is C21H27ClN4O3+2. The standard InChI is InChI=1S/C21H25ClN4O3/c1-29-20-12-16(6-7-19(20)27)13-23-24-21(28)15-26-10-8-25(9-11-26)14-17-4-2-3-5-18(17)22/h2-7,12-13,27H,8-11,14-15H2,1H3,(H,24,28)/p+2/b23-13+. The maximum absolute atomic E-state index is 12.2. The van der Waals surface area contributed by atoms with E-state index in [1.54, 1.807) is 12.1 Å². The van der Waals surface area contributed by atoms with Crippen molar-refractivity contribution >= 4 is 23.7 Å². The number of halogens is 1. The average Bonchev–Trinajstić information content (AvgIpc) is 2.72. The Bertz CT molecular complexity index is 867. The van der Waals surface area contributed by atoms with Crippen LogP contribution in [0.15, 0.2) is 47.6 Å². The molecule has 0 spiro atoms. The van der Waals surface area contributed by atoms with E-state index in [2.05, 4.69) is 16.6 Å². The Labute approximate surface area is 175 Å². The van der Waals surface area contributed by atoms with Crippen molar-refractivity contribution < 1.29 is 24.4 Å². The van der Waals surface area contributed by atoms with Crippen molar-refractivity contribution in [1.82, 2.24) is 5.43 Å². The van der Waals surface area contributed by atoms with E-state index in [1.807, 2.05) is 18.2 Å². The molecule has 7 nitrogen and oxygen atoms in total. The molecule has 1 aliphatic rings. The normalized spacial score (nSPS) is 19.2. The Morgan fingerprint density at radius 1 is 1.21 bits per heavy atom. The third-order valence-electron chi connectivity index (χ3n) is 5.08. The fourth-order valence-corrected chi connectivity index (χ4v) is 3.64. The van der Waals surface area contributed by atoms with Gasteiger partial charge < -0.3 is 19.6 Å². The van der Waals surface area contributed by atoms with Crippen LogP contribution in [0, 0.1) is 0 Å². The van der Waals surface area contributed by atoms with Crippen LogP contribution in [-0.2, 0) is 11.3 Å². The molecule has 1 heterocycles. The predicted octanol–water partition coefficient (Wildman–Crippen LogP) is -0.512. The summed E-state index contributed by atoms with van der Waals surface area (Å²) in [5.74, 6) is 0.312. The summed E-state index contributed by atoms with van der Waals surface area (Å²) in [6, 6.07) is 12.8. The molecule has 1 fully saturated rings. The molecule has 3 rings (SSSR count). The number of nitrogens with one attached hydrogen (secondary N) is 3. The number of hydrazone groups is 1. The van der Waals surface area contributed by atoms with Crippen LogP contribution in [0.1, 0.15) is 11.1 Å². The second-order valence-electron chi connectivity index (χ2n) is 7.17. The summed E-state index contributed by atoms with van der Waals surface area (Å²) in [5, 5.41) is 14.4. The summed E-state index contributed by atoms with van der Waals surface area (Å²) in [5.41, 5.74) is 4.47. The minimum absolute atomic E-state index is 0.0630. The summed E-state index contributed by atoms with van der Waals surface area (Å²) in [6.45, 7) is 5.20. The first-order chi connectivity index (χ1) is 14.0. The van der Waals surface area contributed by atoms with E-state index >= 15 is 0 Å². The number of rotatable bonds is 7. The lowest BCUT2D eigenvalue weighted by molar-refractivity contribution is -1.02. The van der Waals surface area contributed by atoms with Crippen LogP contribution >= 0.6 is 11.6 Å². The molecule has 2 aromatic carbocycles. The Kier molecular flexibility index (Phi) is 7.46. The zero-order chi connectivity index (χ0) is 20.6. The molecule has 8 heteroatoms. The molecule has 1 amide bonds. The Balaban J connectivity index is 1.41. The van der Waals surface area contributed by atoms with Gasteiger partial charge in [0.25, 0.3) is 5.91 Å². The highest BCUT2D eigenvalue weighted by Crippen LogP contribution is 2.25. The number of phenolic OH excluding ortho intramolecular Hbond substituents is 1. The fraction of sp³-hybridized carbons (Fsp3) is 0.333. The largest absolute Gasteiger partial charge is 0.504 e. The molecule has 4 N–H and O–H groups in total. The third kappa shape index (κ3) is 6.19. The molecule has 0 unspecified atom stereocenters. The number of carbonyl (C=O) groups excluding carboxylic acids is 1. The summed E-state index contributed by atoms with van der Waals surface area (Å²) in [4.78, 5) is 14.9. The molecule has 0 aromatic heterocycles. The van der Waals surface area contributed by atoms with Gasteiger partial charge in [-0.05, 0) is 29.8 Å². The third-order valence-corrected chi connectivity index (χ3v) is 5.45. The Morgan fingerprint density at radius 3 is 2.66 bits per heavy atom. The van der Waals surface area contributed by atoms with Crippen LogP contribution in [0.3, 0.4) is 0 Å². The van der Waals surface area contributed by atoms with Crippen molar-refractivity contribution in [2.24, 2.45) is 5.10 Å². The lowest BCUT2D eigenvalue weighted by atomic mass is 10.2. The van der Waals surface area contributed by atoms with Gasteiger partial charge >= 0.3 is 0 Å². The number of phenols is 1. The lowest BCUT2D eigenvalue weighted by Gasteiger charge is -2.29. The highest BCUT2D eigenvalue weighted by Gasteiger charge is 2.25. The van der Waals surface area contributed by atoms with Gasteiger partial charge in [0.05, 0.1) is 13.3 Å². The molecule has 0 atom stereocenters. The highest BCUT2D eigenvalue weighted by molar-refractivity contribution is 6.31. The van der Waals surface area contributed by atoms with Gasteiger partial charge in [-0.3, -0.25) is 4.79 Å². The van der Waals surface area contributed by atoms with Gasteiger partial charge in [0, 0.05) is 10.6 Å². The van der Waals surface area contributed by atoms with Crippen molar-refractivity contribution in [3.05, 3.63) is 58.6 Å². The van der Waals surface area contributed by atoms with Crippen LogP contribution in [0.25, 0.3) is 0 Å². The Hall–Kier alpha value is -2.61. The van der Waals surface area contributed by atoms with E-state index in [-0.39, 0.29) is 11.7 Å². The zero-order valence-electron chi connectivity index (χ0n) is 16.5. The number of quaternary nitrogens is 2. The van der Waals surface area contributed by atoms with Gasteiger partial charge in [0.15, 0.2) is 18.0 Å². The van der Waals surface area contributed by atoms with Crippen molar-refractivity contribution in [2.45, 2.75) is 6.54 Å². The number of hydrogen-bond donors (Lipinski definition) is 4. The molecule has 0 bridgehead atoms. The van der Waals surface area contributed by atoms with Crippen LogP contribution in [0.4, 0.5) is 0 Å². The maximum Gasteiger partial charge on any atom is 0.295 e. The predicted molar refractivity (Wildman–Crippen MR) is 112 cm³/mol. The number of hydrogen-bond acceptors (Lipinski definition) is 4. The molecule has 0 saturated carbocycles. The summed E-state index contributed by atoms with van der Waals surface area (Å²) in [6.07, 6.45) is 1.53. The van der Waals surface area contributed by atoms with Gasteiger partial charge in [-0.25, -0.2) is 5.43 Å². The monoisotopic (exact) mass is 418 g/mol. The first kappa shape index (κ1) is 21.1. The SMILES string of the molecule is COc1cc(/C=N/NC(=O)C[NH+]2CC[NH+](Cc3ccccc3Cl)CC2)ccc1O. The number of methoxy groups -OCH3 is 1. The van der Waals surface area contributed by atoms with E-state index in [4.69, 9.17) is 16.3 Å². The number of benzene rings is 2. The van der Waals surface area contributed by atoms with Gasteiger partial charge in [-0.1, -0.05) is 29.8 Å². The quantitative estimate of drug-likeness (QED) is 0.361. The van der Waals surface area contributed by atoms with Crippen LogP contribution in [-0.4, -0.2) is 57.1 Å². The highest BCUT2D eigenvalue weighted by atomic mass is 35.5. The van der Waals surface area contributed by atoms with Crippen molar-refractivity contribution in [3.8, 4) is 11.5 Å². The molecule has 154 valence electrons. The molecule has 2 aromatic rings.